The number of alkyl halides is 5. The molecule has 0 saturated heterocycles. The Balaban J connectivity index is 2.19. The van der Waals surface area contributed by atoms with Crippen LogP contribution in [0.1, 0.15) is 17.3 Å². The number of nitrogens with one attached hydrogen (secondary N) is 1. The second-order valence-corrected chi connectivity index (χ2v) is 7.12. The molecule has 35 heavy (non-hydrogen) atoms. The molecule has 2 aromatic rings. The predicted molar refractivity (Wildman–Crippen MR) is 119 cm³/mol. The standard InChI is InChI=1S/C22H22F6N6O/c1-14(9-30-13-31-11-15(10-29-2)22(26,27)28)34(12-18(24)25)21(35)16-5-3-6-17(23)19(16)20-32-7-4-8-33-20/h3-8,10-11,14,18,30H,2,9,12-13H2,1H3/b15-10+,31-11-/t14-/m0/s1. The molecule has 0 aliphatic heterocycles. The van der Waals surface area contributed by atoms with Crippen molar-refractivity contribution >= 4 is 18.8 Å². The van der Waals surface area contributed by atoms with E-state index in [1.165, 1.54) is 37.5 Å². The van der Waals surface area contributed by atoms with Crippen molar-refractivity contribution in [2.45, 2.75) is 25.6 Å². The van der Waals surface area contributed by atoms with Gasteiger partial charge < -0.3 is 4.90 Å². The molecule has 1 atom stereocenters. The molecule has 0 saturated carbocycles. The van der Waals surface area contributed by atoms with E-state index in [2.05, 4.69) is 32.0 Å². The third-order valence-electron chi connectivity index (χ3n) is 4.59. The summed E-state index contributed by atoms with van der Waals surface area (Å²) in [7, 11) is 0. The maximum Gasteiger partial charge on any atom is 0.419 e. The van der Waals surface area contributed by atoms with Crippen LogP contribution in [0.2, 0.25) is 0 Å². The quantitative estimate of drug-likeness (QED) is 0.286. The molecule has 1 aromatic carbocycles. The van der Waals surface area contributed by atoms with Gasteiger partial charge in [-0.15, -0.1) is 0 Å². The van der Waals surface area contributed by atoms with Crippen molar-refractivity contribution in [3.63, 3.8) is 0 Å². The minimum absolute atomic E-state index is 0.0893. The maximum atomic E-state index is 14.6. The zero-order chi connectivity index (χ0) is 26.0. The van der Waals surface area contributed by atoms with Gasteiger partial charge >= 0.3 is 6.18 Å². The molecule has 0 bridgehead atoms. The summed E-state index contributed by atoms with van der Waals surface area (Å²) in [5, 5.41) is 2.68. The molecule has 13 heteroatoms. The van der Waals surface area contributed by atoms with Gasteiger partial charge in [-0.2, -0.15) is 13.2 Å². The largest absolute Gasteiger partial charge is 0.419 e. The van der Waals surface area contributed by atoms with Crippen molar-refractivity contribution in [2.75, 3.05) is 19.8 Å². The Morgan fingerprint density at radius 3 is 2.51 bits per heavy atom. The zero-order valence-electron chi connectivity index (χ0n) is 18.5. The zero-order valence-corrected chi connectivity index (χ0v) is 18.5. The number of allylic oxidation sites excluding steroid dienone is 1. The lowest BCUT2D eigenvalue weighted by Gasteiger charge is -2.30. The first-order chi connectivity index (χ1) is 16.6. The minimum Gasteiger partial charge on any atom is -0.329 e. The van der Waals surface area contributed by atoms with Crippen molar-refractivity contribution in [2.24, 2.45) is 9.98 Å². The molecule has 0 spiro atoms. The fourth-order valence-corrected chi connectivity index (χ4v) is 2.99. The summed E-state index contributed by atoms with van der Waals surface area (Å²) >= 11 is 0. The summed E-state index contributed by atoms with van der Waals surface area (Å²) in [5.74, 6) is -1.78. The van der Waals surface area contributed by atoms with Gasteiger partial charge in [0.2, 0.25) is 0 Å². The van der Waals surface area contributed by atoms with Crippen molar-refractivity contribution in [3.8, 4) is 11.4 Å². The molecular formula is C22H22F6N6O. The van der Waals surface area contributed by atoms with Crippen LogP contribution in [-0.2, 0) is 0 Å². The second-order valence-electron chi connectivity index (χ2n) is 7.12. The highest BCUT2D eigenvalue weighted by molar-refractivity contribution is 6.00. The van der Waals surface area contributed by atoms with Crippen molar-refractivity contribution in [1.29, 1.82) is 0 Å². The van der Waals surface area contributed by atoms with Crippen molar-refractivity contribution < 1.29 is 31.1 Å². The number of halogens is 6. The second kappa shape index (κ2) is 12.7. The molecule has 0 fully saturated rings. The number of rotatable bonds is 11. The summed E-state index contributed by atoms with van der Waals surface area (Å²) in [6, 6.07) is 4.27. The van der Waals surface area contributed by atoms with Gasteiger partial charge in [0.05, 0.1) is 29.9 Å². The Kier molecular flexibility index (Phi) is 10.1. The number of amides is 1. The Labute approximate surface area is 197 Å². The van der Waals surface area contributed by atoms with Gasteiger partial charge in [0.15, 0.2) is 5.82 Å². The Morgan fingerprint density at radius 2 is 1.91 bits per heavy atom. The molecule has 0 aliphatic carbocycles. The number of hydrogen-bond acceptors (Lipinski definition) is 6. The van der Waals surface area contributed by atoms with E-state index in [9.17, 15) is 31.1 Å². The highest BCUT2D eigenvalue weighted by Crippen LogP contribution is 2.26. The van der Waals surface area contributed by atoms with Gasteiger partial charge in [-0.05, 0) is 31.8 Å². The van der Waals surface area contributed by atoms with Crippen LogP contribution < -0.4 is 5.32 Å². The molecule has 1 heterocycles. The van der Waals surface area contributed by atoms with Crippen LogP contribution in [0, 0.1) is 5.82 Å². The SMILES string of the molecule is C=N/C=C(\C=N/CNC[C@H](C)N(CC(F)F)C(=O)c1cccc(F)c1-c1ncccn1)C(F)(F)F. The number of aromatic nitrogens is 2. The summed E-state index contributed by atoms with van der Waals surface area (Å²) < 4.78 is 79.5. The lowest BCUT2D eigenvalue weighted by molar-refractivity contribution is -0.0857. The van der Waals surface area contributed by atoms with Crippen molar-refractivity contribution in [1.82, 2.24) is 20.2 Å². The van der Waals surface area contributed by atoms with E-state index in [-0.39, 0.29) is 30.2 Å². The molecule has 188 valence electrons. The molecule has 0 radical (unpaired) electrons. The van der Waals surface area contributed by atoms with Gasteiger partial charge in [-0.3, -0.25) is 20.1 Å². The normalized spacial score (nSPS) is 13.3. The summed E-state index contributed by atoms with van der Waals surface area (Å²) in [4.78, 5) is 28.6. The Hall–Kier alpha value is -3.61. The lowest BCUT2D eigenvalue weighted by Crippen LogP contribution is -2.46. The molecule has 1 N–H and O–H groups in total. The molecular weight excluding hydrogens is 478 g/mol. The lowest BCUT2D eigenvalue weighted by atomic mass is 10.0. The van der Waals surface area contributed by atoms with Gasteiger partial charge in [-0.25, -0.2) is 23.1 Å². The first kappa shape index (κ1) is 27.6. The van der Waals surface area contributed by atoms with Crippen LogP contribution in [0.3, 0.4) is 0 Å². The van der Waals surface area contributed by atoms with E-state index in [4.69, 9.17) is 0 Å². The minimum atomic E-state index is -4.68. The molecule has 1 aromatic heterocycles. The van der Waals surface area contributed by atoms with E-state index in [1.54, 1.807) is 0 Å². The van der Waals surface area contributed by atoms with Gasteiger partial charge in [0.25, 0.3) is 12.3 Å². The fourth-order valence-electron chi connectivity index (χ4n) is 2.99. The van der Waals surface area contributed by atoms with Crippen LogP contribution in [0.5, 0.6) is 0 Å². The van der Waals surface area contributed by atoms with E-state index >= 15 is 0 Å². The van der Waals surface area contributed by atoms with Gasteiger partial charge in [-0.1, -0.05) is 6.07 Å². The van der Waals surface area contributed by atoms with Crippen LogP contribution in [0.25, 0.3) is 11.4 Å². The first-order valence-corrected chi connectivity index (χ1v) is 10.1. The molecule has 2 rings (SSSR count). The molecule has 0 unspecified atom stereocenters. The van der Waals surface area contributed by atoms with Crippen LogP contribution in [0.15, 0.2) is 58.4 Å². The third kappa shape index (κ3) is 7.98. The monoisotopic (exact) mass is 500 g/mol. The summed E-state index contributed by atoms with van der Waals surface area (Å²) in [5.41, 5.74) is -1.57. The number of aliphatic imine (C=N–C) groups is 2. The molecule has 7 nitrogen and oxygen atoms in total. The Morgan fingerprint density at radius 1 is 1.23 bits per heavy atom. The smallest absolute Gasteiger partial charge is 0.329 e. The maximum absolute atomic E-state index is 14.6. The number of carbonyl (C=O) groups excluding carboxylic acids is 1. The van der Waals surface area contributed by atoms with Crippen molar-refractivity contribution in [3.05, 3.63) is 59.8 Å². The van der Waals surface area contributed by atoms with Gasteiger partial charge in [0, 0.05) is 37.4 Å². The summed E-state index contributed by atoms with van der Waals surface area (Å²) in [6.07, 6.45) is -3.83. The number of carbonyl (C=O) groups is 1. The Bertz CT molecular complexity index is 1060. The van der Waals surface area contributed by atoms with Gasteiger partial charge in [0.1, 0.15) is 5.82 Å². The summed E-state index contributed by atoms with van der Waals surface area (Å²) in [6.45, 7) is 3.08. The number of hydrogen-bond donors (Lipinski definition) is 1. The highest BCUT2D eigenvalue weighted by Gasteiger charge is 2.32. The average molecular weight is 500 g/mol. The first-order valence-electron chi connectivity index (χ1n) is 10.1. The topological polar surface area (TPSA) is 82.8 Å². The van der Waals surface area contributed by atoms with E-state index in [0.717, 1.165) is 11.0 Å². The van der Waals surface area contributed by atoms with E-state index < -0.39 is 42.5 Å². The molecule has 1 amide bonds. The average Bonchev–Trinajstić information content (AvgIpc) is 2.80. The third-order valence-corrected chi connectivity index (χ3v) is 4.59. The van der Waals surface area contributed by atoms with Crippen LogP contribution in [0.4, 0.5) is 26.3 Å². The number of nitrogens with zero attached hydrogens (tertiary/aromatic N) is 5. The van der Waals surface area contributed by atoms with Crippen LogP contribution >= 0.6 is 0 Å². The fraction of sp³-hybridized carbons (Fsp3) is 0.318. The highest BCUT2D eigenvalue weighted by atomic mass is 19.4. The number of benzene rings is 1. The molecule has 0 aliphatic rings. The van der Waals surface area contributed by atoms with E-state index in [1.807, 2.05) is 0 Å². The predicted octanol–water partition coefficient (Wildman–Crippen LogP) is 4.14. The van der Waals surface area contributed by atoms with E-state index in [0.29, 0.717) is 12.4 Å². The van der Waals surface area contributed by atoms with Crippen LogP contribution in [-0.4, -0.2) is 72.1 Å².